The predicted molar refractivity (Wildman–Crippen MR) is 110 cm³/mol. The fourth-order valence-electron chi connectivity index (χ4n) is 3.47. The van der Waals surface area contributed by atoms with Crippen molar-refractivity contribution < 1.29 is 31.2 Å². The number of hydrogen-bond donors (Lipinski definition) is 1. The number of nitrogens with zero attached hydrogens (tertiary/aromatic N) is 2. The molecule has 1 aliphatic rings. The molecule has 0 radical (unpaired) electrons. The normalized spacial score (nSPS) is 15.6. The molecule has 12 heteroatoms. The summed E-state index contributed by atoms with van der Waals surface area (Å²) in [6, 6.07) is 8.31. The molecular formula is C20H19ClF3N3O4S. The average Bonchev–Trinajstić information content (AvgIpc) is 2.73. The summed E-state index contributed by atoms with van der Waals surface area (Å²) in [4.78, 5) is 24.8. The van der Waals surface area contributed by atoms with Crippen molar-refractivity contribution in [2.75, 3.05) is 26.2 Å². The quantitative estimate of drug-likeness (QED) is 0.697. The van der Waals surface area contributed by atoms with Crippen molar-refractivity contribution in [2.24, 2.45) is 5.73 Å². The van der Waals surface area contributed by atoms with E-state index in [0.717, 1.165) is 16.4 Å². The molecule has 3 rings (SSSR count). The number of rotatable bonds is 5. The Morgan fingerprint density at radius 3 is 2.25 bits per heavy atom. The summed E-state index contributed by atoms with van der Waals surface area (Å²) in [5.74, 6) is -1.11. The molecule has 2 N–H and O–H groups in total. The first kappa shape index (κ1) is 24.0. The Hall–Kier alpha value is -2.63. The van der Waals surface area contributed by atoms with Crippen molar-refractivity contribution in [1.29, 1.82) is 0 Å². The zero-order chi connectivity index (χ0) is 23.7. The molecule has 172 valence electrons. The van der Waals surface area contributed by atoms with E-state index in [-0.39, 0.29) is 44.1 Å². The Bertz CT molecular complexity index is 1150. The topological polar surface area (TPSA) is 101 Å². The van der Waals surface area contributed by atoms with Gasteiger partial charge in [-0.05, 0) is 35.9 Å². The van der Waals surface area contributed by atoms with Crippen LogP contribution in [0.15, 0.2) is 47.4 Å². The van der Waals surface area contributed by atoms with Crippen LogP contribution in [0.4, 0.5) is 13.2 Å². The molecule has 2 aromatic rings. The molecule has 1 heterocycles. The molecule has 32 heavy (non-hydrogen) atoms. The molecule has 1 aliphatic heterocycles. The van der Waals surface area contributed by atoms with Crippen LogP contribution in [0.5, 0.6) is 0 Å². The molecule has 0 bridgehead atoms. The van der Waals surface area contributed by atoms with Gasteiger partial charge in [-0.3, -0.25) is 9.59 Å². The van der Waals surface area contributed by atoms with Gasteiger partial charge in [0.1, 0.15) is 0 Å². The number of nitrogens with two attached hydrogens (primary N) is 1. The maximum absolute atomic E-state index is 13.3. The number of primary amides is 1. The Kier molecular flexibility index (Phi) is 6.82. The summed E-state index contributed by atoms with van der Waals surface area (Å²) in [6.07, 6.45) is -5.00. The SMILES string of the molecule is NC(=O)c1ccc(Cl)cc1CC(=O)N1CCN(S(=O)(=O)c2ccccc2C(F)(F)F)CC1. The molecule has 1 saturated heterocycles. The van der Waals surface area contributed by atoms with E-state index in [1.807, 2.05) is 0 Å². The molecule has 0 unspecified atom stereocenters. The van der Waals surface area contributed by atoms with Crippen molar-refractivity contribution in [3.8, 4) is 0 Å². The van der Waals surface area contributed by atoms with Gasteiger partial charge in [0, 0.05) is 36.8 Å². The Labute approximate surface area is 187 Å². The van der Waals surface area contributed by atoms with E-state index in [0.29, 0.717) is 16.7 Å². The van der Waals surface area contributed by atoms with Crippen LogP contribution in [0.1, 0.15) is 21.5 Å². The highest BCUT2D eigenvalue weighted by molar-refractivity contribution is 7.89. The molecular weight excluding hydrogens is 471 g/mol. The second-order valence-corrected chi connectivity index (χ2v) is 9.46. The highest BCUT2D eigenvalue weighted by atomic mass is 35.5. The van der Waals surface area contributed by atoms with E-state index in [2.05, 4.69) is 0 Å². The Balaban J connectivity index is 1.73. The van der Waals surface area contributed by atoms with E-state index in [4.69, 9.17) is 17.3 Å². The number of amides is 2. The third-order valence-electron chi connectivity index (χ3n) is 5.08. The molecule has 7 nitrogen and oxygen atoms in total. The van der Waals surface area contributed by atoms with E-state index in [9.17, 15) is 31.2 Å². The number of hydrogen-bond acceptors (Lipinski definition) is 4. The van der Waals surface area contributed by atoms with E-state index in [1.165, 1.54) is 29.2 Å². The maximum Gasteiger partial charge on any atom is 0.417 e. The minimum atomic E-state index is -4.82. The second kappa shape index (κ2) is 9.08. The minimum Gasteiger partial charge on any atom is -0.366 e. The van der Waals surface area contributed by atoms with Gasteiger partial charge in [-0.15, -0.1) is 0 Å². The molecule has 0 aliphatic carbocycles. The largest absolute Gasteiger partial charge is 0.417 e. The third kappa shape index (κ3) is 5.05. The van der Waals surface area contributed by atoms with Crippen LogP contribution >= 0.6 is 11.6 Å². The first-order chi connectivity index (χ1) is 14.9. The number of carbonyl (C=O) groups is 2. The van der Waals surface area contributed by atoms with Gasteiger partial charge in [-0.1, -0.05) is 23.7 Å². The minimum absolute atomic E-state index is 0.0152. The highest BCUT2D eigenvalue weighted by Crippen LogP contribution is 2.35. The van der Waals surface area contributed by atoms with Gasteiger partial charge in [-0.25, -0.2) is 8.42 Å². The molecule has 0 aromatic heterocycles. The van der Waals surface area contributed by atoms with Gasteiger partial charge in [0.2, 0.25) is 21.8 Å². The van der Waals surface area contributed by atoms with Crippen molar-refractivity contribution in [3.05, 3.63) is 64.2 Å². The fourth-order valence-corrected chi connectivity index (χ4v) is 5.30. The van der Waals surface area contributed by atoms with E-state index < -0.39 is 32.6 Å². The second-order valence-electron chi connectivity index (χ2n) is 7.12. The van der Waals surface area contributed by atoms with Crippen LogP contribution in [-0.4, -0.2) is 55.6 Å². The lowest BCUT2D eigenvalue weighted by atomic mass is 10.0. The number of sulfonamides is 1. The summed E-state index contributed by atoms with van der Waals surface area (Å²) < 4.78 is 66.4. The number of alkyl halides is 3. The van der Waals surface area contributed by atoms with Crippen LogP contribution < -0.4 is 5.73 Å². The van der Waals surface area contributed by atoms with Crippen LogP contribution in [0.25, 0.3) is 0 Å². The van der Waals surface area contributed by atoms with Crippen LogP contribution in [0.2, 0.25) is 5.02 Å². The zero-order valence-corrected chi connectivity index (χ0v) is 18.2. The predicted octanol–water partition coefficient (Wildman–Crippen LogP) is 2.53. The van der Waals surface area contributed by atoms with Crippen molar-refractivity contribution >= 4 is 33.4 Å². The number of benzene rings is 2. The summed E-state index contributed by atoms with van der Waals surface area (Å²) >= 11 is 5.93. The van der Waals surface area contributed by atoms with Gasteiger partial charge in [0.25, 0.3) is 0 Å². The summed E-state index contributed by atoms with van der Waals surface area (Å²) in [7, 11) is -4.41. The number of piperazine rings is 1. The van der Waals surface area contributed by atoms with Crippen molar-refractivity contribution in [1.82, 2.24) is 9.21 Å². The molecule has 0 saturated carbocycles. The van der Waals surface area contributed by atoms with Gasteiger partial charge >= 0.3 is 6.18 Å². The molecule has 2 aromatic carbocycles. The van der Waals surface area contributed by atoms with Crippen molar-refractivity contribution in [3.63, 3.8) is 0 Å². The molecule has 2 amide bonds. The standard InChI is InChI=1S/C20H19ClF3N3O4S/c21-14-5-6-15(19(25)29)13(11-14)12-18(28)26-7-9-27(10-8-26)32(30,31)17-4-2-1-3-16(17)20(22,23)24/h1-6,11H,7-10,12H2,(H2,25,29). The molecule has 1 fully saturated rings. The van der Waals surface area contributed by atoms with Crippen LogP contribution in [0.3, 0.4) is 0 Å². The van der Waals surface area contributed by atoms with Crippen molar-refractivity contribution in [2.45, 2.75) is 17.5 Å². The van der Waals surface area contributed by atoms with Crippen LogP contribution in [0, 0.1) is 0 Å². The first-order valence-electron chi connectivity index (χ1n) is 9.43. The number of halogens is 4. The summed E-state index contributed by atoms with van der Waals surface area (Å²) in [6.45, 7) is -0.367. The first-order valence-corrected chi connectivity index (χ1v) is 11.3. The smallest absolute Gasteiger partial charge is 0.366 e. The zero-order valence-electron chi connectivity index (χ0n) is 16.6. The summed E-state index contributed by atoms with van der Waals surface area (Å²) in [5.41, 5.74) is 4.57. The van der Waals surface area contributed by atoms with Crippen LogP contribution in [-0.2, 0) is 27.4 Å². The monoisotopic (exact) mass is 489 g/mol. The third-order valence-corrected chi connectivity index (χ3v) is 7.27. The summed E-state index contributed by atoms with van der Waals surface area (Å²) in [5, 5.41) is 0.317. The Morgan fingerprint density at radius 2 is 1.66 bits per heavy atom. The number of carbonyl (C=O) groups excluding carboxylic acids is 2. The van der Waals surface area contributed by atoms with Gasteiger partial charge in [-0.2, -0.15) is 17.5 Å². The lowest BCUT2D eigenvalue weighted by Gasteiger charge is -2.34. The maximum atomic E-state index is 13.3. The highest BCUT2D eigenvalue weighted by Gasteiger charge is 2.39. The molecule has 0 spiro atoms. The van der Waals surface area contributed by atoms with E-state index in [1.54, 1.807) is 0 Å². The van der Waals surface area contributed by atoms with Gasteiger partial charge in [0.05, 0.1) is 16.9 Å². The van der Waals surface area contributed by atoms with Gasteiger partial charge in [0.15, 0.2) is 0 Å². The Morgan fingerprint density at radius 1 is 1.03 bits per heavy atom. The van der Waals surface area contributed by atoms with E-state index >= 15 is 0 Å². The average molecular weight is 490 g/mol. The fraction of sp³-hybridized carbons (Fsp3) is 0.300. The van der Waals surface area contributed by atoms with Gasteiger partial charge < -0.3 is 10.6 Å². The lowest BCUT2D eigenvalue weighted by Crippen LogP contribution is -2.51. The molecule has 0 atom stereocenters. The lowest BCUT2D eigenvalue weighted by molar-refractivity contribution is -0.139.